The predicted molar refractivity (Wildman–Crippen MR) is 75.5 cm³/mol. The fourth-order valence-electron chi connectivity index (χ4n) is 1.75. The van der Waals surface area contributed by atoms with Crippen LogP contribution in [0.25, 0.3) is 11.0 Å². The number of H-pyrrole nitrogens is 1. The average Bonchev–Trinajstić information content (AvgIpc) is 2.81. The zero-order valence-electron chi connectivity index (χ0n) is 9.92. The highest BCUT2D eigenvalue weighted by Gasteiger charge is 2.10. The molecule has 0 radical (unpaired) electrons. The minimum absolute atomic E-state index is 0.00621. The van der Waals surface area contributed by atoms with Gasteiger partial charge in [-0.3, -0.25) is 5.41 Å². The second-order valence-corrected chi connectivity index (χ2v) is 4.91. The van der Waals surface area contributed by atoms with E-state index in [0.29, 0.717) is 10.6 Å². The van der Waals surface area contributed by atoms with Crippen LogP contribution >= 0.6 is 11.8 Å². The van der Waals surface area contributed by atoms with Gasteiger partial charge in [-0.25, -0.2) is 9.97 Å². The molecule has 2 aromatic heterocycles. The van der Waals surface area contributed by atoms with Crippen molar-refractivity contribution in [1.29, 1.82) is 5.41 Å². The third-order valence-electron chi connectivity index (χ3n) is 2.62. The van der Waals surface area contributed by atoms with Gasteiger partial charge in [0, 0.05) is 11.8 Å². The van der Waals surface area contributed by atoms with E-state index in [0.717, 1.165) is 16.2 Å². The van der Waals surface area contributed by atoms with Gasteiger partial charge in [0.15, 0.2) is 5.16 Å². The number of aromatic nitrogens is 3. The fourth-order valence-corrected chi connectivity index (χ4v) is 2.64. The largest absolute Gasteiger partial charge is 0.384 e. The Kier molecular flexibility index (Phi) is 2.92. The molecule has 6 heteroatoms. The van der Waals surface area contributed by atoms with Crippen LogP contribution in [0.1, 0.15) is 5.56 Å². The highest BCUT2D eigenvalue weighted by molar-refractivity contribution is 7.99. The van der Waals surface area contributed by atoms with E-state index in [1.807, 2.05) is 24.3 Å². The molecule has 3 rings (SSSR count). The summed E-state index contributed by atoms with van der Waals surface area (Å²) in [5.41, 5.74) is 8.05. The van der Waals surface area contributed by atoms with Gasteiger partial charge < -0.3 is 10.7 Å². The van der Waals surface area contributed by atoms with Crippen LogP contribution in [0, 0.1) is 5.41 Å². The van der Waals surface area contributed by atoms with E-state index >= 15 is 0 Å². The summed E-state index contributed by atoms with van der Waals surface area (Å²) in [6.07, 6.45) is 1.68. The Labute approximate surface area is 113 Å². The molecule has 0 aliphatic rings. The van der Waals surface area contributed by atoms with Crippen molar-refractivity contribution in [1.82, 2.24) is 15.0 Å². The van der Waals surface area contributed by atoms with Crippen molar-refractivity contribution in [2.24, 2.45) is 5.73 Å². The number of hydrogen-bond donors (Lipinski definition) is 3. The lowest BCUT2D eigenvalue weighted by Gasteiger charge is -2.03. The molecule has 0 saturated heterocycles. The van der Waals surface area contributed by atoms with Crippen LogP contribution in [0.5, 0.6) is 0 Å². The zero-order valence-corrected chi connectivity index (χ0v) is 10.7. The first-order valence-corrected chi connectivity index (χ1v) is 6.48. The van der Waals surface area contributed by atoms with Crippen LogP contribution in [0.3, 0.4) is 0 Å². The second kappa shape index (κ2) is 4.74. The van der Waals surface area contributed by atoms with Crippen LogP contribution in [0.15, 0.2) is 52.8 Å². The SMILES string of the molecule is N=C(N)c1cccnc1Sc1nc2ccccc2[nH]1. The first-order valence-electron chi connectivity index (χ1n) is 5.66. The third kappa shape index (κ3) is 2.30. The Morgan fingerprint density at radius 2 is 2.05 bits per heavy atom. The Morgan fingerprint density at radius 1 is 1.21 bits per heavy atom. The maximum atomic E-state index is 7.54. The van der Waals surface area contributed by atoms with Gasteiger partial charge in [0.1, 0.15) is 10.9 Å². The third-order valence-corrected chi connectivity index (χ3v) is 3.53. The molecule has 94 valence electrons. The summed E-state index contributed by atoms with van der Waals surface area (Å²) >= 11 is 1.37. The Hall–Kier alpha value is -2.34. The number of hydrogen-bond acceptors (Lipinski definition) is 4. The molecule has 0 spiro atoms. The number of pyridine rings is 1. The van der Waals surface area contributed by atoms with Crippen molar-refractivity contribution in [3.63, 3.8) is 0 Å². The molecule has 0 amide bonds. The van der Waals surface area contributed by atoms with E-state index in [-0.39, 0.29) is 5.84 Å². The summed E-state index contributed by atoms with van der Waals surface area (Å²) < 4.78 is 0. The maximum Gasteiger partial charge on any atom is 0.172 e. The van der Waals surface area contributed by atoms with E-state index < -0.39 is 0 Å². The quantitative estimate of drug-likeness (QED) is 0.503. The highest BCUT2D eigenvalue weighted by Crippen LogP contribution is 2.27. The van der Waals surface area contributed by atoms with E-state index in [9.17, 15) is 0 Å². The van der Waals surface area contributed by atoms with Gasteiger partial charge in [-0.05, 0) is 36.0 Å². The zero-order chi connectivity index (χ0) is 13.2. The lowest BCUT2D eigenvalue weighted by molar-refractivity contribution is 1.05. The van der Waals surface area contributed by atoms with E-state index in [2.05, 4.69) is 15.0 Å². The van der Waals surface area contributed by atoms with Gasteiger partial charge >= 0.3 is 0 Å². The van der Waals surface area contributed by atoms with Crippen molar-refractivity contribution < 1.29 is 0 Å². The van der Waals surface area contributed by atoms with Crippen LogP contribution in [0.2, 0.25) is 0 Å². The van der Waals surface area contributed by atoms with Crippen molar-refractivity contribution in [2.45, 2.75) is 10.2 Å². The lowest BCUT2D eigenvalue weighted by atomic mass is 10.3. The molecule has 0 bridgehead atoms. The molecule has 3 aromatic rings. The van der Waals surface area contributed by atoms with Gasteiger partial charge in [-0.1, -0.05) is 12.1 Å². The molecule has 0 aliphatic carbocycles. The number of rotatable bonds is 3. The predicted octanol–water partition coefficient (Wildman–Crippen LogP) is 2.39. The molecular weight excluding hydrogens is 258 g/mol. The minimum atomic E-state index is 0.00621. The molecule has 0 atom stereocenters. The number of fused-ring (bicyclic) bond motifs is 1. The molecule has 0 unspecified atom stereocenters. The molecule has 1 aromatic carbocycles. The van der Waals surface area contributed by atoms with E-state index in [1.54, 1.807) is 18.3 Å². The van der Waals surface area contributed by atoms with Crippen LogP contribution < -0.4 is 5.73 Å². The molecule has 5 nitrogen and oxygen atoms in total. The lowest BCUT2D eigenvalue weighted by Crippen LogP contribution is -2.12. The van der Waals surface area contributed by atoms with Crippen LogP contribution in [-0.4, -0.2) is 20.8 Å². The molecule has 19 heavy (non-hydrogen) atoms. The number of nitrogen functional groups attached to an aromatic ring is 1. The number of nitrogens with zero attached hydrogens (tertiary/aromatic N) is 2. The molecule has 0 fully saturated rings. The first-order chi connectivity index (χ1) is 9.24. The maximum absolute atomic E-state index is 7.54. The summed E-state index contributed by atoms with van der Waals surface area (Å²) in [6, 6.07) is 11.4. The van der Waals surface area contributed by atoms with Crippen molar-refractivity contribution in [2.75, 3.05) is 0 Å². The molecule has 0 aliphatic heterocycles. The first kappa shape index (κ1) is 11.7. The van der Waals surface area contributed by atoms with Gasteiger partial charge in [-0.2, -0.15) is 0 Å². The summed E-state index contributed by atoms with van der Waals surface area (Å²) in [7, 11) is 0. The average molecular weight is 269 g/mol. The molecule has 4 N–H and O–H groups in total. The monoisotopic (exact) mass is 269 g/mol. The Bertz CT molecular complexity index is 716. The summed E-state index contributed by atoms with van der Waals surface area (Å²) in [6.45, 7) is 0. The number of imidazole rings is 1. The van der Waals surface area contributed by atoms with Gasteiger partial charge in [0.05, 0.1) is 11.0 Å². The summed E-state index contributed by atoms with van der Waals surface area (Å²) in [5.74, 6) is 0.00621. The number of benzene rings is 1. The van der Waals surface area contributed by atoms with Crippen LogP contribution in [-0.2, 0) is 0 Å². The van der Waals surface area contributed by atoms with Crippen LogP contribution in [0.4, 0.5) is 0 Å². The number of nitrogens with one attached hydrogen (secondary N) is 2. The number of amidine groups is 1. The van der Waals surface area contributed by atoms with E-state index in [4.69, 9.17) is 11.1 Å². The smallest absolute Gasteiger partial charge is 0.172 e. The Balaban J connectivity index is 1.99. The topological polar surface area (TPSA) is 91.4 Å². The fraction of sp³-hybridized carbons (Fsp3) is 0. The minimum Gasteiger partial charge on any atom is -0.384 e. The van der Waals surface area contributed by atoms with Crippen molar-refractivity contribution in [3.8, 4) is 0 Å². The summed E-state index contributed by atoms with van der Waals surface area (Å²) in [5, 5.41) is 8.96. The number of nitrogens with two attached hydrogens (primary N) is 1. The summed E-state index contributed by atoms with van der Waals surface area (Å²) in [4.78, 5) is 11.9. The highest BCUT2D eigenvalue weighted by atomic mass is 32.2. The van der Waals surface area contributed by atoms with Gasteiger partial charge in [-0.15, -0.1) is 0 Å². The number of aromatic amines is 1. The Morgan fingerprint density at radius 3 is 2.84 bits per heavy atom. The van der Waals surface area contributed by atoms with Gasteiger partial charge in [0.2, 0.25) is 0 Å². The van der Waals surface area contributed by atoms with Crippen molar-refractivity contribution >= 4 is 28.6 Å². The molecule has 2 heterocycles. The normalized spacial score (nSPS) is 10.7. The van der Waals surface area contributed by atoms with Crippen molar-refractivity contribution in [3.05, 3.63) is 48.2 Å². The van der Waals surface area contributed by atoms with E-state index in [1.165, 1.54) is 11.8 Å². The number of para-hydroxylation sites is 2. The molecule has 0 saturated carbocycles. The molecular formula is C13H11N5S. The van der Waals surface area contributed by atoms with Gasteiger partial charge in [0.25, 0.3) is 0 Å². The standard InChI is InChI=1S/C13H11N5S/c14-11(15)8-4-3-7-16-12(8)19-13-17-9-5-1-2-6-10(9)18-13/h1-7H,(H3,14,15)(H,17,18). The second-order valence-electron chi connectivity index (χ2n) is 3.93.